The summed E-state index contributed by atoms with van der Waals surface area (Å²) in [5.41, 5.74) is 0. The highest BCUT2D eigenvalue weighted by molar-refractivity contribution is 9.26. The average Bonchev–Trinajstić information content (AvgIpc) is 2.64. The zero-order valence-electron chi connectivity index (χ0n) is 18.8. The van der Waals surface area contributed by atoms with Gasteiger partial charge in [0.25, 0.3) is 0 Å². The van der Waals surface area contributed by atoms with Crippen LogP contribution in [0.3, 0.4) is 0 Å². The van der Waals surface area contributed by atoms with Crippen molar-refractivity contribution in [3.63, 3.8) is 0 Å². The maximum absolute atomic E-state index is 5.73. The molecule has 0 amide bonds. The van der Waals surface area contributed by atoms with Crippen LogP contribution in [-0.2, 0) is 18.9 Å². The number of hydrogen-bond donors (Lipinski definition) is 0. The van der Waals surface area contributed by atoms with Crippen LogP contribution in [0.1, 0.15) is 67.2 Å². The molecule has 0 heterocycles. The molecule has 0 fully saturated rings. The Hall–Kier alpha value is 1.24. The van der Waals surface area contributed by atoms with Crippen LogP contribution in [0.15, 0.2) is 0 Å². The van der Waals surface area contributed by atoms with Crippen molar-refractivity contribution >= 4 is 41.2 Å². The van der Waals surface area contributed by atoms with Gasteiger partial charge in [0, 0.05) is 62.3 Å². The second-order valence-corrected chi connectivity index (χ2v) is 14.7. The summed E-state index contributed by atoms with van der Waals surface area (Å²) in [6.45, 7) is 19.6. The van der Waals surface area contributed by atoms with Crippen molar-refractivity contribution in [2.75, 3.05) is 52.9 Å². The maximum atomic E-state index is 5.73. The van der Waals surface area contributed by atoms with Crippen molar-refractivity contribution in [3.8, 4) is 0 Å². The Balaban J connectivity index is 3.64. The minimum atomic E-state index is 0.214. The van der Waals surface area contributed by atoms with E-state index in [0.29, 0.717) is 0 Å². The van der Waals surface area contributed by atoms with Gasteiger partial charge in [-0.25, -0.2) is 0 Å². The lowest BCUT2D eigenvalue weighted by Crippen LogP contribution is -2.17. The Morgan fingerprint density at radius 2 is 0.893 bits per heavy atom. The van der Waals surface area contributed by atoms with Crippen LogP contribution in [0.4, 0.5) is 0 Å². The largest absolute Gasteiger partial charge is 0.382 e. The second-order valence-electron chi connectivity index (χ2n) is 7.65. The van der Waals surface area contributed by atoms with Crippen LogP contribution in [0.5, 0.6) is 0 Å². The zero-order chi connectivity index (χ0) is 21.1. The topological polar surface area (TPSA) is 36.9 Å². The summed E-state index contributed by atoms with van der Waals surface area (Å²) in [6, 6.07) is 0. The molecule has 170 valence electrons. The van der Waals surface area contributed by atoms with Gasteiger partial charge in [-0.1, -0.05) is 21.6 Å². The summed E-state index contributed by atoms with van der Waals surface area (Å²) in [4.78, 5) is 0. The molecule has 0 radical (unpaired) electrons. The summed E-state index contributed by atoms with van der Waals surface area (Å²) in [5, 5.41) is 0. The van der Waals surface area contributed by atoms with E-state index in [-0.39, 0.29) is 9.49 Å². The smallest absolute Gasteiger partial charge is 0.0487 e. The van der Waals surface area contributed by atoms with Crippen molar-refractivity contribution in [2.45, 2.75) is 76.7 Å². The Bertz CT molecular complexity index is 312. The van der Waals surface area contributed by atoms with Gasteiger partial charge in [0.05, 0.1) is 0 Å². The molecule has 0 atom stereocenters. The van der Waals surface area contributed by atoms with Gasteiger partial charge in [0.15, 0.2) is 0 Å². The monoisotopic (exact) mass is 474 g/mol. The van der Waals surface area contributed by atoms with Gasteiger partial charge in [-0.15, -0.1) is 0 Å². The lowest BCUT2D eigenvalue weighted by molar-refractivity contribution is 0.0844. The predicted molar refractivity (Wildman–Crippen MR) is 132 cm³/mol. The molecule has 28 heavy (non-hydrogen) atoms. The molecule has 0 aromatic rings. The first-order valence-electron chi connectivity index (χ1n) is 10.3. The van der Waals surface area contributed by atoms with Crippen LogP contribution >= 0.6 is 41.2 Å². The first-order chi connectivity index (χ1) is 13.3. The third kappa shape index (κ3) is 20.5. The number of hydrogen-bond acceptors (Lipinski definition) is 8. The second kappa shape index (κ2) is 19.0. The van der Waals surface area contributed by atoms with E-state index in [1.54, 1.807) is 0 Å². The molecule has 0 spiro atoms. The molecule has 8 heteroatoms. The van der Waals surface area contributed by atoms with Gasteiger partial charge in [-0.05, 0) is 86.9 Å². The summed E-state index contributed by atoms with van der Waals surface area (Å²) in [6.07, 6.45) is 4.08. The van der Waals surface area contributed by atoms with Gasteiger partial charge in [-0.3, -0.25) is 0 Å². The molecule has 0 unspecified atom stereocenters. The molecular weight excluding hydrogens is 432 g/mol. The van der Waals surface area contributed by atoms with Crippen molar-refractivity contribution in [3.05, 3.63) is 0 Å². The minimum Gasteiger partial charge on any atom is -0.382 e. The van der Waals surface area contributed by atoms with Gasteiger partial charge >= 0.3 is 0 Å². The molecule has 0 N–H and O–H groups in total. The normalized spacial score (nSPS) is 12.6. The fraction of sp³-hybridized carbons (Fsp3) is 1.00. The van der Waals surface area contributed by atoms with Gasteiger partial charge < -0.3 is 18.9 Å². The standard InChI is InChI=1S/C20H42O4S4/c1-7-21-13-9-15-23-17-11-19(3,4)25-27-28-26-20(5,6)12-18-24-16-10-14-22-8-2/h7-18H2,1-6H3. The molecule has 0 aromatic carbocycles. The number of rotatable bonds is 21. The van der Waals surface area contributed by atoms with Crippen LogP contribution in [0.25, 0.3) is 0 Å². The lowest BCUT2D eigenvalue weighted by Gasteiger charge is -2.25. The first-order valence-corrected chi connectivity index (χ1v) is 15.2. The van der Waals surface area contributed by atoms with Gasteiger partial charge in [-0.2, -0.15) is 0 Å². The molecular formula is C20H42O4S4. The predicted octanol–water partition coefficient (Wildman–Crippen LogP) is 6.89. The highest BCUT2D eigenvalue weighted by atomic mass is 33.7. The molecule has 0 saturated carbocycles. The van der Waals surface area contributed by atoms with E-state index < -0.39 is 0 Å². The SMILES string of the molecule is CCOCCCOCCC(C)(C)SSSSC(C)(C)CCOCCCOCC. The van der Waals surface area contributed by atoms with E-state index in [1.165, 1.54) is 0 Å². The maximum Gasteiger partial charge on any atom is 0.0487 e. The average molecular weight is 475 g/mol. The van der Waals surface area contributed by atoms with Gasteiger partial charge in [0.1, 0.15) is 0 Å². The lowest BCUT2D eigenvalue weighted by atomic mass is 10.1. The van der Waals surface area contributed by atoms with E-state index in [0.717, 1.165) is 78.5 Å². The van der Waals surface area contributed by atoms with Crippen LogP contribution in [0, 0.1) is 0 Å². The van der Waals surface area contributed by atoms with E-state index in [9.17, 15) is 0 Å². The Kier molecular flexibility index (Phi) is 19.8. The van der Waals surface area contributed by atoms with E-state index in [2.05, 4.69) is 27.7 Å². The summed E-state index contributed by atoms with van der Waals surface area (Å²) in [5.74, 6) is 0. The van der Waals surface area contributed by atoms with Crippen molar-refractivity contribution in [1.29, 1.82) is 0 Å². The van der Waals surface area contributed by atoms with Crippen LogP contribution in [0.2, 0.25) is 0 Å². The molecule has 0 saturated heterocycles. The summed E-state index contributed by atoms with van der Waals surface area (Å²) >= 11 is 0. The third-order valence-electron chi connectivity index (χ3n) is 3.81. The molecule has 0 rings (SSSR count). The van der Waals surface area contributed by atoms with E-state index in [4.69, 9.17) is 18.9 Å². The summed E-state index contributed by atoms with van der Waals surface area (Å²) < 4.78 is 22.5. The molecule has 0 aliphatic carbocycles. The molecule has 0 aliphatic rings. The van der Waals surface area contributed by atoms with E-state index in [1.807, 2.05) is 55.1 Å². The molecule has 0 aliphatic heterocycles. The van der Waals surface area contributed by atoms with Crippen molar-refractivity contribution < 1.29 is 18.9 Å². The van der Waals surface area contributed by atoms with Crippen molar-refractivity contribution in [2.24, 2.45) is 0 Å². The Labute approximate surface area is 189 Å². The van der Waals surface area contributed by atoms with Crippen LogP contribution < -0.4 is 0 Å². The fourth-order valence-corrected chi connectivity index (χ4v) is 9.79. The van der Waals surface area contributed by atoms with E-state index >= 15 is 0 Å². The van der Waals surface area contributed by atoms with Crippen LogP contribution in [-0.4, -0.2) is 62.3 Å². The zero-order valence-corrected chi connectivity index (χ0v) is 22.0. The highest BCUT2D eigenvalue weighted by Gasteiger charge is 2.22. The van der Waals surface area contributed by atoms with Gasteiger partial charge in [0.2, 0.25) is 0 Å². The molecule has 0 aromatic heterocycles. The summed E-state index contributed by atoms with van der Waals surface area (Å²) in [7, 11) is 7.64. The Morgan fingerprint density at radius 1 is 0.536 bits per heavy atom. The minimum absolute atomic E-state index is 0.214. The highest BCUT2D eigenvalue weighted by Crippen LogP contribution is 2.53. The first kappa shape index (κ1) is 29.2. The number of ether oxygens (including phenoxy) is 4. The quantitative estimate of drug-likeness (QED) is 0.131. The van der Waals surface area contributed by atoms with Crippen molar-refractivity contribution in [1.82, 2.24) is 0 Å². The fourth-order valence-electron chi connectivity index (χ4n) is 1.95. The molecule has 0 bridgehead atoms. The molecule has 4 nitrogen and oxygen atoms in total. The Morgan fingerprint density at radius 3 is 1.25 bits per heavy atom. The third-order valence-corrected chi connectivity index (χ3v) is 11.8.